The van der Waals surface area contributed by atoms with Gasteiger partial charge in [-0.2, -0.15) is 5.10 Å². The Bertz CT molecular complexity index is 1150. The van der Waals surface area contributed by atoms with E-state index in [9.17, 15) is 0 Å². The van der Waals surface area contributed by atoms with Gasteiger partial charge in [-0.05, 0) is 42.8 Å². The first-order valence-electron chi connectivity index (χ1n) is 12.9. The average Bonchev–Trinajstić information content (AvgIpc) is 3.47. The maximum atomic E-state index is 7.83. The minimum atomic E-state index is -1.10. The van der Waals surface area contributed by atoms with E-state index in [4.69, 9.17) is 15.2 Å². The Morgan fingerprint density at radius 2 is 2.03 bits per heavy atom. The van der Waals surface area contributed by atoms with Crippen LogP contribution in [-0.4, -0.2) is 77.3 Å². The van der Waals surface area contributed by atoms with Gasteiger partial charge in [-0.25, -0.2) is 4.98 Å². The van der Waals surface area contributed by atoms with Crippen LogP contribution >= 0.6 is 0 Å². The van der Waals surface area contributed by atoms with Crippen LogP contribution in [0.4, 0.5) is 0 Å². The van der Waals surface area contributed by atoms with E-state index >= 15 is 0 Å². The second-order valence-corrected chi connectivity index (χ2v) is 17.0. The number of aromatic nitrogens is 4. The van der Waals surface area contributed by atoms with E-state index in [-0.39, 0.29) is 5.54 Å². The molecular weight excluding hydrogens is 454 g/mol. The summed E-state index contributed by atoms with van der Waals surface area (Å²) in [6, 6.07) is 5.96. The van der Waals surface area contributed by atoms with E-state index in [0.29, 0.717) is 12.8 Å². The lowest BCUT2D eigenvalue weighted by Crippen LogP contribution is -2.60. The number of rotatable bonds is 10. The Morgan fingerprint density at radius 1 is 1.23 bits per heavy atom. The number of hydrogen-bond acceptors (Lipinski definition) is 6. The van der Waals surface area contributed by atoms with Crippen LogP contribution in [0.25, 0.3) is 22.2 Å². The van der Waals surface area contributed by atoms with Crippen LogP contribution in [0, 0.1) is 5.41 Å². The number of hydrogen-bond donors (Lipinski definition) is 2. The van der Waals surface area contributed by atoms with Crippen LogP contribution in [0.15, 0.2) is 36.9 Å². The molecule has 2 N–H and O–H groups in total. The summed E-state index contributed by atoms with van der Waals surface area (Å²) in [5.74, 6) is 0. The van der Waals surface area contributed by atoms with Crippen molar-refractivity contribution in [2.24, 2.45) is 0 Å². The van der Waals surface area contributed by atoms with E-state index in [1.807, 2.05) is 12.4 Å². The van der Waals surface area contributed by atoms with Crippen LogP contribution in [0.2, 0.25) is 25.7 Å². The third kappa shape index (κ3) is 5.14. The van der Waals surface area contributed by atoms with Crippen LogP contribution in [0.3, 0.4) is 0 Å². The SMILES string of the molecule is C[Si](C)(C)CCOCn1ccc2c(-c3cnn(C4(CC=N)CC(N5CCNCC5)C4)c3)ccnc21. The highest BCUT2D eigenvalue weighted by molar-refractivity contribution is 6.76. The first kappa shape index (κ1) is 24.4. The second-order valence-electron chi connectivity index (χ2n) is 11.4. The van der Waals surface area contributed by atoms with Crippen LogP contribution in [-0.2, 0) is 17.0 Å². The van der Waals surface area contributed by atoms with Crippen molar-refractivity contribution in [1.82, 2.24) is 29.5 Å². The number of nitrogens with zero attached hydrogens (tertiary/aromatic N) is 5. The van der Waals surface area contributed by atoms with Gasteiger partial charge in [0.25, 0.3) is 0 Å². The van der Waals surface area contributed by atoms with E-state index in [0.717, 1.165) is 80.3 Å². The lowest BCUT2D eigenvalue weighted by molar-refractivity contribution is 0.00112. The molecule has 1 saturated carbocycles. The number of fused-ring (bicyclic) bond motifs is 1. The number of nitrogens with one attached hydrogen (secondary N) is 2. The molecule has 0 atom stereocenters. The highest BCUT2D eigenvalue weighted by Crippen LogP contribution is 2.45. The van der Waals surface area contributed by atoms with Crippen molar-refractivity contribution >= 4 is 25.3 Å². The van der Waals surface area contributed by atoms with Gasteiger partial charge in [0.05, 0.1) is 11.7 Å². The standard InChI is InChI=1S/C26H39N7OSi/c1-35(2,3)15-14-34-20-32-11-5-24-23(4-8-29-25(24)32)21-18-30-33(19-21)26(6-7-27)16-22(17-26)31-12-9-28-10-13-31/h4-5,7-8,11,18-19,22,27-28H,6,9-10,12-17,20H2,1-3H3. The largest absolute Gasteiger partial charge is 0.361 e. The van der Waals surface area contributed by atoms with Gasteiger partial charge in [-0.1, -0.05) is 19.6 Å². The molecule has 1 saturated heterocycles. The Balaban J connectivity index is 1.32. The third-order valence-electron chi connectivity index (χ3n) is 7.65. The summed E-state index contributed by atoms with van der Waals surface area (Å²) >= 11 is 0. The third-order valence-corrected chi connectivity index (χ3v) is 9.35. The van der Waals surface area contributed by atoms with Crippen LogP contribution < -0.4 is 5.32 Å². The summed E-state index contributed by atoms with van der Waals surface area (Å²) in [4.78, 5) is 7.25. The topological polar surface area (TPSA) is 84.0 Å². The summed E-state index contributed by atoms with van der Waals surface area (Å²) < 4.78 is 10.2. The fourth-order valence-corrected chi connectivity index (χ4v) is 6.23. The fourth-order valence-electron chi connectivity index (χ4n) is 5.47. The minimum absolute atomic E-state index is 0.0855. The molecule has 2 fully saturated rings. The quantitative estimate of drug-likeness (QED) is 0.253. The predicted molar refractivity (Wildman–Crippen MR) is 144 cm³/mol. The maximum Gasteiger partial charge on any atom is 0.142 e. The molecule has 3 aromatic heterocycles. The van der Waals surface area contributed by atoms with Crippen molar-refractivity contribution in [2.75, 3.05) is 32.8 Å². The molecule has 0 radical (unpaired) electrons. The monoisotopic (exact) mass is 493 g/mol. The van der Waals surface area contributed by atoms with Crippen molar-refractivity contribution in [3.05, 3.63) is 36.9 Å². The van der Waals surface area contributed by atoms with Gasteiger partial charge in [-0.15, -0.1) is 0 Å². The van der Waals surface area contributed by atoms with Gasteiger partial charge in [0.1, 0.15) is 12.4 Å². The molecule has 4 heterocycles. The minimum Gasteiger partial charge on any atom is -0.361 e. The summed E-state index contributed by atoms with van der Waals surface area (Å²) in [6.45, 7) is 12.8. The summed E-state index contributed by atoms with van der Waals surface area (Å²) in [5, 5.41) is 17.2. The molecule has 9 heteroatoms. The molecule has 188 valence electrons. The molecule has 0 bridgehead atoms. The van der Waals surface area contributed by atoms with Gasteiger partial charge in [0.2, 0.25) is 0 Å². The lowest BCUT2D eigenvalue weighted by atomic mass is 9.70. The molecule has 8 nitrogen and oxygen atoms in total. The molecular formula is C26H39N7OSi. The predicted octanol–water partition coefficient (Wildman–Crippen LogP) is 4.01. The Labute approximate surface area is 209 Å². The Morgan fingerprint density at radius 3 is 2.77 bits per heavy atom. The van der Waals surface area contributed by atoms with E-state index in [1.54, 1.807) is 6.21 Å². The van der Waals surface area contributed by atoms with Crippen LogP contribution in [0.1, 0.15) is 19.3 Å². The average molecular weight is 494 g/mol. The molecule has 0 aromatic carbocycles. The smallest absolute Gasteiger partial charge is 0.142 e. The molecule has 0 amide bonds. The molecule has 0 unspecified atom stereocenters. The molecule has 3 aromatic rings. The summed E-state index contributed by atoms with van der Waals surface area (Å²) in [5.41, 5.74) is 3.10. The zero-order valence-corrected chi connectivity index (χ0v) is 22.3. The molecule has 1 aliphatic heterocycles. The zero-order chi connectivity index (χ0) is 24.5. The summed E-state index contributed by atoms with van der Waals surface area (Å²) in [7, 11) is -1.10. The normalized spacial score (nSPS) is 23.5. The highest BCUT2D eigenvalue weighted by atomic mass is 28.3. The fraction of sp³-hybridized carbons (Fsp3) is 0.577. The van der Waals surface area contributed by atoms with Crippen molar-refractivity contribution < 1.29 is 4.74 Å². The molecule has 5 rings (SSSR count). The van der Waals surface area contributed by atoms with Crippen molar-refractivity contribution in [2.45, 2.75) is 63.3 Å². The molecule has 0 spiro atoms. The van der Waals surface area contributed by atoms with E-state index in [2.05, 4.69) is 68.6 Å². The first-order chi connectivity index (χ1) is 16.9. The van der Waals surface area contributed by atoms with Crippen molar-refractivity contribution in [3.8, 4) is 11.1 Å². The summed E-state index contributed by atoms with van der Waals surface area (Å²) in [6.07, 6.45) is 12.5. The van der Waals surface area contributed by atoms with Gasteiger partial charge < -0.3 is 20.0 Å². The Kier molecular flexibility index (Phi) is 6.94. The van der Waals surface area contributed by atoms with Gasteiger partial charge in [0, 0.05) is 82.9 Å². The van der Waals surface area contributed by atoms with E-state index < -0.39 is 8.07 Å². The maximum absolute atomic E-state index is 7.83. The number of piperazine rings is 1. The van der Waals surface area contributed by atoms with Crippen LogP contribution in [0.5, 0.6) is 0 Å². The Hall–Kier alpha value is -2.33. The van der Waals surface area contributed by atoms with E-state index in [1.165, 1.54) is 0 Å². The second kappa shape index (κ2) is 9.97. The number of pyridine rings is 1. The van der Waals surface area contributed by atoms with Gasteiger partial charge in [-0.3, -0.25) is 9.58 Å². The lowest BCUT2D eigenvalue weighted by Gasteiger charge is -2.52. The van der Waals surface area contributed by atoms with Gasteiger partial charge >= 0.3 is 0 Å². The molecule has 35 heavy (non-hydrogen) atoms. The highest BCUT2D eigenvalue weighted by Gasteiger charge is 2.48. The molecule has 2 aliphatic rings. The number of ether oxygens (including phenoxy) is 1. The first-order valence-corrected chi connectivity index (χ1v) is 16.6. The van der Waals surface area contributed by atoms with Gasteiger partial charge in [0.15, 0.2) is 0 Å². The molecule has 1 aliphatic carbocycles. The zero-order valence-electron chi connectivity index (χ0n) is 21.3. The van der Waals surface area contributed by atoms with Crippen molar-refractivity contribution in [3.63, 3.8) is 0 Å². The van der Waals surface area contributed by atoms with Crippen molar-refractivity contribution in [1.29, 1.82) is 5.41 Å².